The predicted molar refractivity (Wildman–Crippen MR) is 70.5 cm³/mol. The van der Waals surface area contributed by atoms with Gasteiger partial charge in [-0.3, -0.25) is 0 Å². The molecule has 0 radical (unpaired) electrons. The second kappa shape index (κ2) is 6.33. The number of nitrogens with zero attached hydrogens (tertiary/aromatic N) is 2. The molecule has 1 aromatic carbocycles. The van der Waals surface area contributed by atoms with E-state index in [4.69, 9.17) is 16.1 Å². The van der Waals surface area contributed by atoms with Crippen LogP contribution in [0.25, 0.3) is 0 Å². The largest absolute Gasteiger partial charge is 0.338 e. The lowest BCUT2D eigenvalue weighted by Gasteiger charge is -1.98. The van der Waals surface area contributed by atoms with Crippen LogP contribution in [0.15, 0.2) is 41.4 Å². The normalized spacial score (nSPS) is 10.5. The Hall–Kier alpha value is -1.65. The molecule has 0 saturated heterocycles. The van der Waals surface area contributed by atoms with Gasteiger partial charge in [0.2, 0.25) is 5.89 Å². The maximum absolute atomic E-state index is 6.07. The highest BCUT2D eigenvalue weighted by atomic mass is 35.5. The van der Waals surface area contributed by atoms with Crippen LogP contribution >= 0.6 is 11.6 Å². The molecule has 1 N–H and O–H groups in total. The molecular formula is C13H14ClN3O. The van der Waals surface area contributed by atoms with Crippen LogP contribution in [0.2, 0.25) is 5.02 Å². The van der Waals surface area contributed by atoms with E-state index in [9.17, 15) is 0 Å². The van der Waals surface area contributed by atoms with Crippen LogP contribution < -0.4 is 5.32 Å². The van der Waals surface area contributed by atoms with Crippen LogP contribution in [-0.4, -0.2) is 16.7 Å². The van der Waals surface area contributed by atoms with Crippen molar-refractivity contribution < 1.29 is 4.52 Å². The predicted octanol–water partition coefficient (Wildman–Crippen LogP) is 2.59. The lowest BCUT2D eigenvalue weighted by Crippen LogP contribution is -2.12. The molecule has 0 unspecified atom stereocenters. The number of halogens is 1. The summed E-state index contributed by atoms with van der Waals surface area (Å²) in [5, 5.41) is 7.74. The number of hydrogen-bond acceptors (Lipinski definition) is 4. The summed E-state index contributed by atoms with van der Waals surface area (Å²) in [5.41, 5.74) is 0.991. The van der Waals surface area contributed by atoms with Gasteiger partial charge in [0.1, 0.15) is 0 Å². The number of benzene rings is 1. The van der Waals surface area contributed by atoms with E-state index in [1.807, 2.05) is 24.3 Å². The third-order valence-electron chi connectivity index (χ3n) is 2.38. The van der Waals surface area contributed by atoms with Gasteiger partial charge in [-0.25, -0.2) is 0 Å². The molecule has 4 nitrogen and oxygen atoms in total. The Morgan fingerprint density at radius 3 is 3.00 bits per heavy atom. The summed E-state index contributed by atoms with van der Waals surface area (Å²) in [6, 6.07) is 7.64. The fourth-order valence-corrected chi connectivity index (χ4v) is 1.73. The van der Waals surface area contributed by atoms with Gasteiger partial charge in [0.15, 0.2) is 5.82 Å². The first-order valence-electron chi connectivity index (χ1n) is 5.66. The topological polar surface area (TPSA) is 51.0 Å². The molecule has 94 valence electrons. The molecule has 18 heavy (non-hydrogen) atoms. The summed E-state index contributed by atoms with van der Waals surface area (Å²) in [5.74, 6) is 1.21. The molecule has 0 saturated carbocycles. The molecule has 1 heterocycles. The second-order valence-electron chi connectivity index (χ2n) is 3.79. The average molecular weight is 264 g/mol. The molecule has 0 spiro atoms. The maximum atomic E-state index is 6.07. The van der Waals surface area contributed by atoms with Crippen molar-refractivity contribution in [1.29, 1.82) is 0 Å². The van der Waals surface area contributed by atoms with E-state index in [-0.39, 0.29) is 0 Å². The Labute approximate surface area is 111 Å². The molecule has 0 fully saturated rings. The van der Waals surface area contributed by atoms with Crippen molar-refractivity contribution in [3.05, 3.63) is 59.2 Å². The van der Waals surface area contributed by atoms with Gasteiger partial charge in [-0.05, 0) is 11.6 Å². The van der Waals surface area contributed by atoms with Crippen molar-refractivity contribution >= 4 is 11.6 Å². The summed E-state index contributed by atoms with van der Waals surface area (Å²) in [7, 11) is 0. The summed E-state index contributed by atoms with van der Waals surface area (Å²) in [4.78, 5) is 4.29. The monoisotopic (exact) mass is 263 g/mol. The van der Waals surface area contributed by atoms with Crippen LogP contribution in [0.3, 0.4) is 0 Å². The highest BCUT2D eigenvalue weighted by Crippen LogP contribution is 2.17. The van der Waals surface area contributed by atoms with Crippen LogP contribution in [0, 0.1) is 0 Å². The van der Waals surface area contributed by atoms with Crippen molar-refractivity contribution in [2.75, 3.05) is 6.54 Å². The Morgan fingerprint density at radius 1 is 1.39 bits per heavy atom. The average Bonchev–Trinajstić information content (AvgIpc) is 2.80. The van der Waals surface area contributed by atoms with Crippen molar-refractivity contribution in [1.82, 2.24) is 15.5 Å². The zero-order valence-electron chi connectivity index (χ0n) is 9.90. The van der Waals surface area contributed by atoms with Gasteiger partial charge in [-0.15, -0.1) is 6.58 Å². The van der Waals surface area contributed by atoms with Crippen molar-refractivity contribution in [3.8, 4) is 0 Å². The van der Waals surface area contributed by atoms with E-state index in [1.165, 1.54) is 0 Å². The molecule has 0 atom stereocenters. The Kier molecular flexibility index (Phi) is 4.50. The first-order chi connectivity index (χ1) is 8.79. The molecule has 1 aromatic heterocycles. The zero-order valence-corrected chi connectivity index (χ0v) is 10.7. The van der Waals surface area contributed by atoms with Gasteiger partial charge in [-0.1, -0.05) is 41.0 Å². The highest BCUT2D eigenvalue weighted by molar-refractivity contribution is 6.31. The molecular weight excluding hydrogens is 250 g/mol. The SMILES string of the molecule is C=CCNCc1nc(Cc2ccccc2Cl)no1. The highest BCUT2D eigenvalue weighted by Gasteiger charge is 2.08. The lowest BCUT2D eigenvalue weighted by atomic mass is 10.1. The molecule has 5 heteroatoms. The van der Waals surface area contributed by atoms with Gasteiger partial charge in [-0.2, -0.15) is 4.98 Å². The molecule has 2 aromatic rings. The minimum Gasteiger partial charge on any atom is -0.338 e. The van der Waals surface area contributed by atoms with Gasteiger partial charge >= 0.3 is 0 Å². The van der Waals surface area contributed by atoms with E-state index in [2.05, 4.69) is 22.0 Å². The first kappa shape index (κ1) is 12.8. The molecule has 2 rings (SSSR count). The van der Waals surface area contributed by atoms with Crippen LogP contribution in [0.5, 0.6) is 0 Å². The van der Waals surface area contributed by atoms with E-state index in [0.29, 0.717) is 36.2 Å². The number of rotatable bonds is 6. The van der Waals surface area contributed by atoms with E-state index < -0.39 is 0 Å². The Bertz CT molecular complexity index is 524. The second-order valence-corrected chi connectivity index (χ2v) is 4.20. The van der Waals surface area contributed by atoms with E-state index in [0.717, 1.165) is 5.56 Å². The molecule has 0 aliphatic rings. The quantitative estimate of drug-likeness (QED) is 0.643. The van der Waals surface area contributed by atoms with Gasteiger partial charge < -0.3 is 9.84 Å². The molecule has 0 bridgehead atoms. The minimum absolute atomic E-state index is 0.543. The fourth-order valence-electron chi connectivity index (χ4n) is 1.53. The Morgan fingerprint density at radius 2 is 2.22 bits per heavy atom. The first-order valence-corrected chi connectivity index (χ1v) is 6.04. The number of hydrogen-bond donors (Lipinski definition) is 1. The van der Waals surface area contributed by atoms with Gasteiger partial charge in [0, 0.05) is 18.0 Å². The smallest absolute Gasteiger partial charge is 0.240 e. The third kappa shape index (κ3) is 3.42. The number of nitrogens with one attached hydrogen (secondary N) is 1. The van der Waals surface area contributed by atoms with Crippen molar-refractivity contribution in [2.45, 2.75) is 13.0 Å². The Balaban J connectivity index is 1.98. The van der Waals surface area contributed by atoms with Crippen molar-refractivity contribution in [3.63, 3.8) is 0 Å². The van der Waals surface area contributed by atoms with Crippen LogP contribution in [0.4, 0.5) is 0 Å². The van der Waals surface area contributed by atoms with Gasteiger partial charge in [0.05, 0.1) is 6.54 Å². The van der Waals surface area contributed by atoms with Gasteiger partial charge in [0.25, 0.3) is 0 Å². The molecule has 0 aliphatic heterocycles. The van der Waals surface area contributed by atoms with E-state index >= 15 is 0 Å². The van der Waals surface area contributed by atoms with Crippen LogP contribution in [0.1, 0.15) is 17.3 Å². The van der Waals surface area contributed by atoms with Crippen LogP contribution in [-0.2, 0) is 13.0 Å². The zero-order chi connectivity index (χ0) is 12.8. The third-order valence-corrected chi connectivity index (χ3v) is 2.75. The van der Waals surface area contributed by atoms with Crippen molar-refractivity contribution in [2.24, 2.45) is 0 Å². The summed E-state index contributed by atoms with van der Waals surface area (Å²) in [6.07, 6.45) is 2.35. The summed E-state index contributed by atoms with van der Waals surface area (Å²) in [6.45, 7) is 4.87. The molecule has 0 amide bonds. The summed E-state index contributed by atoms with van der Waals surface area (Å²) < 4.78 is 5.12. The maximum Gasteiger partial charge on any atom is 0.240 e. The molecule has 0 aliphatic carbocycles. The number of aromatic nitrogens is 2. The minimum atomic E-state index is 0.543. The fraction of sp³-hybridized carbons (Fsp3) is 0.231. The standard InChI is InChI=1S/C13H14ClN3O/c1-2-7-15-9-13-16-12(17-18-13)8-10-5-3-4-6-11(10)14/h2-6,15H,1,7-9H2. The van der Waals surface area contributed by atoms with E-state index in [1.54, 1.807) is 6.08 Å². The lowest BCUT2D eigenvalue weighted by molar-refractivity contribution is 0.366. The summed E-state index contributed by atoms with van der Waals surface area (Å²) >= 11 is 6.07.